The third-order valence-electron chi connectivity index (χ3n) is 5.46. The summed E-state index contributed by atoms with van der Waals surface area (Å²) in [7, 11) is 0. The number of anilines is 2. The highest BCUT2D eigenvalue weighted by Gasteiger charge is 2.12. The Bertz CT molecular complexity index is 1570. The van der Waals surface area contributed by atoms with Gasteiger partial charge in [0.2, 0.25) is 0 Å². The average Bonchev–Trinajstić information content (AvgIpc) is 3.59. The van der Waals surface area contributed by atoms with Gasteiger partial charge in [-0.15, -0.1) is 11.3 Å². The van der Waals surface area contributed by atoms with E-state index in [1.54, 1.807) is 29.9 Å². The van der Waals surface area contributed by atoms with Crippen LogP contribution in [-0.4, -0.2) is 24.9 Å². The molecule has 0 aliphatic rings. The fraction of sp³-hybridized carbons (Fsp3) is 0.0357. The third kappa shape index (κ3) is 4.62. The molecule has 6 rings (SSSR count). The van der Waals surface area contributed by atoms with Crippen LogP contribution in [0.15, 0.2) is 101 Å². The van der Waals surface area contributed by atoms with E-state index in [1.807, 2.05) is 79.0 Å². The molecule has 6 aromatic rings. The lowest BCUT2D eigenvalue weighted by Crippen LogP contribution is -2.00. The number of rotatable bonds is 6. The van der Waals surface area contributed by atoms with Gasteiger partial charge in [-0.3, -0.25) is 9.97 Å². The van der Waals surface area contributed by atoms with Gasteiger partial charge in [0.15, 0.2) is 11.6 Å². The Morgan fingerprint density at radius 1 is 0.778 bits per heavy atom. The molecule has 8 heteroatoms. The van der Waals surface area contributed by atoms with E-state index in [-0.39, 0.29) is 0 Å². The van der Waals surface area contributed by atoms with Gasteiger partial charge in [0.1, 0.15) is 28.0 Å². The topological polar surface area (TPSA) is 89.6 Å². The summed E-state index contributed by atoms with van der Waals surface area (Å²) < 4.78 is 5.72. The van der Waals surface area contributed by atoms with Crippen molar-refractivity contribution in [1.29, 1.82) is 0 Å². The summed E-state index contributed by atoms with van der Waals surface area (Å²) in [6.07, 6.45) is 5.26. The number of aryl methyl sites for hydroxylation is 1. The molecular formula is C28H20N6OS. The third-order valence-corrected chi connectivity index (χ3v) is 6.35. The van der Waals surface area contributed by atoms with Gasteiger partial charge in [-0.05, 0) is 55.5 Å². The summed E-state index contributed by atoms with van der Waals surface area (Å²) >= 11 is 1.58. The van der Waals surface area contributed by atoms with Crippen molar-refractivity contribution >= 4 is 22.8 Å². The maximum Gasteiger partial charge on any atom is 0.180 e. The van der Waals surface area contributed by atoms with Gasteiger partial charge in [0, 0.05) is 46.9 Å². The maximum absolute atomic E-state index is 5.72. The molecule has 1 aromatic carbocycles. The van der Waals surface area contributed by atoms with Gasteiger partial charge < -0.3 is 9.73 Å². The molecule has 0 bridgehead atoms. The number of nitrogens with one attached hydrogen (secondary N) is 1. The van der Waals surface area contributed by atoms with Crippen LogP contribution in [-0.2, 0) is 0 Å². The number of pyridine rings is 2. The van der Waals surface area contributed by atoms with Crippen LogP contribution in [0.3, 0.4) is 0 Å². The highest BCUT2D eigenvalue weighted by atomic mass is 32.1. The standard InChI is InChI=1S/C28H20N6OS/c1-18-10-11-25(35-18)24-17-36-28(33-24)19-6-4-8-21(14-19)31-26-15-23(20-7-5-12-29-16-20)32-27(34-26)22-9-2-3-13-30-22/h2-17H,1H3,(H,31,32,34). The van der Waals surface area contributed by atoms with Crippen molar-refractivity contribution < 1.29 is 4.42 Å². The van der Waals surface area contributed by atoms with Crippen LogP contribution in [0, 0.1) is 6.92 Å². The molecule has 0 fully saturated rings. The Labute approximate surface area is 211 Å². The lowest BCUT2D eigenvalue weighted by molar-refractivity contribution is 0.547. The van der Waals surface area contributed by atoms with Crippen LogP contribution in [0.1, 0.15) is 5.76 Å². The van der Waals surface area contributed by atoms with Crippen molar-refractivity contribution in [2.75, 3.05) is 5.32 Å². The molecule has 0 atom stereocenters. The zero-order valence-electron chi connectivity index (χ0n) is 19.3. The van der Waals surface area contributed by atoms with E-state index in [2.05, 4.69) is 21.4 Å². The van der Waals surface area contributed by atoms with Gasteiger partial charge in [0.05, 0.1) is 5.69 Å². The molecule has 0 unspecified atom stereocenters. The van der Waals surface area contributed by atoms with Crippen LogP contribution in [0.4, 0.5) is 11.5 Å². The summed E-state index contributed by atoms with van der Waals surface area (Å²) in [5.41, 5.74) is 5.09. The molecule has 0 aliphatic heterocycles. The van der Waals surface area contributed by atoms with Gasteiger partial charge in [-0.25, -0.2) is 15.0 Å². The van der Waals surface area contributed by atoms with Crippen LogP contribution >= 0.6 is 11.3 Å². The van der Waals surface area contributed by atoms with Crippen molar-refractivity contribution in [3.05, 3.63) is 103 Å². The Morgan fingerprint density at radius 3 is 2.53 bits per heavy atom. The minimum atomic E-state index is 0.536. The number of benzene rings is 1. The first-order valence-electron chi connectivity index (χ1n) is 11.3. The fourth-order valence-electron chi connectivity index (χ4n) is 3.75. The largest absolute Gasteiger partial charge is 0.460 e. The second-order valence-corrected chi connectivity index (χ2v) is 8.93. The monoisotopic (exact) mass is 488 g/mol. The predicted octanol–water partition coefficient (Wildman–Crippen LogP) is 7.04. The Kier molecular flexibility index (Phi) is 5.77. The fourth-order valence-corrected chi connectivity index (χ4v) is 4.56. The molecule has 174 valence electrons. The van der Waals surface area contributed by atoms with E-state index >= 15 is 0 Å². The molecule has 0 aliphatic carbocycles. The molecule has 0 saturated carbocycles. The summed E-state index contributed by atoms with van der Waals surface area (Å²) in [6, 6.07) is 23.5. The van der Waals surface area contributed by atoms with E-state index < -0.39 is 0 Å². The first-order valence-corrected chi connectivity index (χ1v) is 12.2. The lowest BCUT2D eigenvalue weighted by atomic mass is 10.2. The number of thiazole rings is 1. The average molecular weight is 489 g/mol. The van der Waals surface area contributed by atoms with Crippen LogP contribution in [0.2, 0.25) is 0 Å². The highest BCUT2D eigenvalue weighted by Crippen LogP contribution is 2.32. The second-order valence-electron chi connectivity index (χ2n) is 8.07. The summed E-state index contributed by atoms with van der Waals surface area (Å²) in [4.78, 5) is 22.9. The highest BCUT2D eigenvalue weighted by molar-refractivity contribution is 7.13. The Balaban J connectivity index is 1.34. The predicted molar refractivity (Wildman–Crippen MR) is 142 cm³/mol. The lowest BCUT2D eigenvalue weighted by Gasteiger charge is -2.11. The number of hydrogen-bond acceptors (Lipinski definition) is 8. The minimum Gasteiger partial charge on any atom is -0.460 e. The first-order chi connectivity index (χ1) is 17.7. The zero-order chi connectivity index (χ0) is 24.3. The van der Waals surface area contributed by atoms with E-state index in [4.69, 9.17) is 19.4 Å². The molecule has 0 saturated heterocycles. The molecule has 0 spiro atoms. The molecule has 5 heterocycles. The van der Waals surface area contributed by atoms with Crippen molar-refractivity contribution in [3.63, 3.8) is 0 Å². The molecule has 36 heavy (non-hydrogen) atoms. The van der Waals surface area contributed by atoms with Gasteiger partial charge >= 0.3 is 0 Å². The van der Waals surface area contributed by atoms with Crippen LogP contribution < -0.4 is 5.32 Å². The summed E-state index contributed by atoms with van der Waals surface area (Å²) in [5, 5.41) is 6.36. The van der Waals surface area contributed by atoms with E-state index in [9.17, 15) is 0 Å². The Hall–Kier alpha value is -4.69. The van der Waals surface area contributed by atoms with Crippen LogP contribution in [0.5, 0.6) is 0 Å². The van der Waals surface area contributed by atoms with Crippen molar-refractivity contribution in [3.8, 4) is 44.8 Å². The molecule has 0 radical (unpaired) electrons. The summed E-state index contributed by atoms with van der Waals surface area (Å²) in [6.45, 7) is 1.93. The maximum atomic E-state index is 5.72. The first kappa shape index (κ1) is 21.8. The van der Waals surface area contributed by atoms with Gasteiger partial charge in [-0.2, -0.15) is 0 Å². The quantitative estimate of drug-likeness (QED) is 0.269. The van der Waals surface area contributed by atoms with Crippen molar-refractivity contribution in [1.82, 2.24) is 24.9 Å². The zero-order valence-corrected chi connectivity index (χ0v) is 20.1. The normalized spacial score (nSPS) is 10.9. The smallest absolute Gasteiger partial charge is 0.180 e. The molecular weight excluding hydrogens is 468 g/mol. The number of aromatic nitrogens is 5. The molecule has 5 aromatic heterocycles. The van der Waals surface area contributed by atoms with E-state index in [1.165, 1.54) is 0 Å². The van der Waals surface area contributed by atoms with Gasteiger partial charge in [-0.1, -0.05) is 18.2 Å². The van der Waals surface area contributed by atoms with E-state index in [0.717, 1.165) is 44.7 Å². The number of hydrogen-bond donors (Lipinski definition) is 1. The van der Waals surface area contributed by atoms with Crippen LogP contribution in [0.25, 0.3) is 44.8 Å². The minimum absolute atomic E-state index is 0.536. The molecule has 0 amide bonds. The second kappa shape index (κ2) is 9.52. The molecule has 7 nitrogen and oxygen atoms in total. The Morgan fingerprint density at radius 2 is 1.72 bits per heavy atom. The van der Waals surface area contributed by atoms with E-state index in [0.29, 0.717) is 17.3 Å². The summed E-state index contributed by atoms with van der Waals surface area (Å²) in [5.74, 6) is 2.84. The van der Waals surface area contributed by atoms with Gasteiger partial charge in [0.25, 0.3) is 0 Å². The number of nitrogens with zero attached hydrogens (tertiary/aromatic N) is 5. The van der Waals surface area contributed by atoms with Crippen molar-refractivity contribution in [2.45, 2.75) is 6.92 Å². The number of furan rings is 1. The SMILES string of the molecule is Cc1ccc(-c2csc(-c3cccc(Nc4cc(-c5cccnc5)nc(-c5ccccn5)n4)c3)n2)o1. The van der Waals surface area contributed by atoms with Crippen molar-refractivity contribution in [2.24, 2.45) is 0 Å². The molecule has 1 N–H and O–H groups in total.